The first-order valence-electron chi connectivity index (χ1n) is 7.57. The van der Waals surface area contributed by atoms with E-state index in [2.05, 4.69) is 51.2 Å². The molecule has 1 aliphatic heterocycles. The number of rotatable bonds is 4. The van der Waals surface area contributed by atoms with Gasteiger partial charge in [0.25, 0.3) is 0 Å². The molecule has 1 unspecified atom stereocenters. The molecule has 0 saturated carbocycles. The highest BCUT2D eigenvalue weighted by Crippen LogP contribution is 2.40. The van der Waals surface area contributed by atoms with E-state index in [-0.39, 0.29) is 11.5 Å². The Morgan fingerprint density at radius 3 is 2.76 bits per heavy atom. The second kappa shape index (κ2) is 5.23. The Morgan fingerprint density at radius 1 is 1.29 bits per heavy atom. The molecule has 112 valence electrons. The van der Waals surface area contributed by atoms with Crippen LogP contribution in [0.5, 0.6) is 5.75 Å². The summed E-state index contributed by atoms with van der Waals surface area (Å²) in [6.45, 7) is 10.3. The number of benzene rings is 1. The molecule has 0 saturated heterocycles. The molecule has 2 heterocycles. The molecule has 1 N–H and O–H groups in total. The number of nitrogens with one attached hydrogen (secondary N) is 1. The summed E-state index contributed by atoms with van der Waals surface area (Å²) in [6.07, 6.45) is 1.76. The van der Waals surface area contributed by atoms with Gasteiger partial charge in [-0.15, -0.1) is 0 Å². The van der Waals surface area contributed by atoms with Crippen molar-refractivity contribution < 1.29 is 9.15 Å². The molecule has 0 radical (unpaired) electrons. The van der Waals surface area contributed by atoms with Gasteiger partial charge in [0, 0.05) is 11.0 Å². The van der Waals surface area contributed by atoms with Crippen LogP contribution in [-0.4, -0.2) is 13.2 Å². The standard InChI is InChI=1S/C18H23NO2/c1-5-19-16(17-12(2)8-9-20-17)13-6-7-15-14(10-13)18(3,4)11-21-15/h6-10,16,19H,5,11H2,1-4H3. The second-order valence-electron chi connectivity index (χ2n) is 6.39. The molecule has 3 nitrogen and oxygen atoms in total. The van der Waals surface area contributed by atoms with E-state index >= 15 is 0 Å². The van der Waals surface area contributed by atoms with Gasteiger partial charge in [-0.05, 0) is 42.8 Å². The van der Waals surface area contributed by atoms with E-state index in [9.17, 15) is 0 Å². The fourth-order valence-corrected chi connectivity index (χ4v) is 2.96. The van der Waals surface area contributed by atoms with Crippen molar-refractivity contribution in [1.29, 1.82) is 0 Å². The number of ether oxygens (including phenoxy) is 1. The van der Waals surface area contributed by atoms with Gasteiger partial charge in [-0.3, -0.25) is 0 Å². The first-order chi connectivity index (χ1) is 10.0. The van der Waals surface area contributed by atoms with Gasteiger partial charge < -0.3 is 14.5 Å². The Bertz CT molecular complexity index is 642. The van der Waals surface area contributed by atoms with Crippen LogP contribution in [0, 0.1) is 6.92 Å². The van der Waals surface area contributed by atoms with Gasteiger partial charge in [-0.25, -0.2) is 0 Å². The first kappa shape index (κ1) is 14.2. The largest absolute Gasteiger partial charge is 0.492 e. The number of furan rings is 1. The number of hydrogen-bond donors (Lipinski definition) is 1. The molecule has 1 atom stereocenters. The Morgan fingerprint density at radius 2 is 2.10 bits per heavy atom. The summed E-state index contributed by atoms with van der Waals surface area (Å²) < 4.78 is 11.5. The van der Waals surface area contributed by atoms with E-state index in [1.165, 1.54) is 16.7 Å². The lowest BCUT2D eigenvalue weighted by atomic mass is 9.85. The lowest BCUT2D eigenvalue weighted by Gasteiger charge is -2.20. The SMILES string of the molecule is CCNC(c1ccc2c(c1)C(C)(C)CO2)c1occc1C. The molecule has 0 bridgehead atoms. The Hall–Kier alpha value is -1.74. The molecule has 2 aromatic rings. The summed E-state index contributed by atoms with van der Waals surface area (Å²) in [5, 5.41) is 3.53. The third-order valence-corrected chi connectivity index (χ3v) is 4.23. The van der Waals surface area contributed by atoms with E-state index in [0.717, 1.165) is 24.7 Å². The number of fused-ring (bicyclic) bond motifs is 1. The van der Waals surface area contributed by atoms with E-state index in [1.54, 1.807) is 6.26 Å². The Labute approximate surface area is 126 Å². The predicted octanol–water partition coefficient (Wildman–Crippen LogP) is 3.96. The maximum absolute atomic E-state index is 5.78. The Kier molecular flexibility index (Phi) is 3.54. The predicted molar refractivity (Wildman–Crippen MR) is 83.9 cm³/mol. The third-order valence-electron chi connectivity index (χ3n) is 4.23. The van der Waals surface area contributed by atoms with Crippen molar-refractivity contribution in [2.45, 2.75) is 39.2 Å². The van der Waals surface area contributed by atoms with Crippen LogP contribution in [-0.2, 0) is 5.41 Å². The van der Waals surface area contributed by atoms with Crippen molar-refractivity contribution in [3.63, 3.8) is 0 Å². The molecule has 1 aromatic carbocycles. The second-order valence-corrected chi connectivity index (χ2v) is 6.39. The van der Waals surface area contributed by atoms with Crippen molar-refractivity contribution in [3.8, 4) is 5.75 Å². The lowest BCUT2D eigenvalue weighted by molar-refractivity contribution is 0.291. The minimum absolute atomic E-state index is 0.0698. The average Bonchev–Trinajstić information content (AvgIpc) is 3.00. The van der Waals surface area contributed by atoms with Crippen LogP contribution in [0.3, 0.4) is 0 Å². The zero-order valence-electron chi connectivity index (χ0n) is 13.2. The third kappa shape index (κ3) is 2.46. The van der Waals surface area contributed by atoms with Crippen LogP contribution >= 0.6 is 0 Å². The van der Waals surface area contributed by atoms with Gasteiger partial charge in [0.1, 0.15) is 11.5 Å². The average molecular weight is 285 g/mol. The van der Waals surface area contributed by atoms with E-state index < -0.39 is 0 Å². The van der Waals surface area contributed by atoms with Crippen molar-refractivity contribution in [2.75, 3.05) is 13.2 Å². The fourth-order valence-electron chi connectivity index (χ4n) is 2.96. The van der Waals surface area contributed by atoms with Crippen molar-refractivity contribution in [3.05, 3.63) is 53.0 Å². The molecule has 3 heteroatoms. The molecule has 0 fully saturated rings. The zero-order valence-corrected chi connectivity index (χ0v) is 13.2. The van der Waals surface area contributed by atoms with Gasteiger partial charge >= 0.3 is 0 Å². The van der Waals surface area contributed by atoms with Crippen LogP contribution < -0.4 is 10.1 Å². The topological polar surface area (TPSA) is 34.4 Å². The maximum Gasteiger partial charge on any atom is 0.128 e. The van der Waals surface area contributed by atoms with Crippen LogP contribution in [0.15, 0.2) is 34.9 Å². The summed E-state index contributed by atoms with van der Waals surface area (Å²) in [6, 6.07) is 8.58. The molecule has 1 aromatic heterocycles. The van der Waals surface area contributed by atoms with Crippen molar-refractivity contribution in [1.82, 2.24) is 5.32 Å². The summed E-state index contributed by atoms with van der Waals surface area (Å²) >= 11 is 0. The van der Waals surface area contributed by atoms with Gasteiger partial charge in [0.15, 0.2) is 0 Å². The van der Waals surface area contributed by atoms with Gasteiger partial charge in [-0.1, -0.05) is 26.8 Å². The molecular weight excluding hydrogens is 262 g/mol. The van der Waals surface area contributed by atoms with E-state index in [1.807, 2.05) is 6.07 Å². The smallest absolute Gasteiger partial charge is 0.128 e. The molecule has 0 amide bonds. The highest BCUT2D eigenvalue weighted by molar-refractivity contribution is 5.47. The number of hydrogen-bond acceptors (Lipinski definition) is 3. The first-order valence-corrected chi connectivity index (χ1v) is 7.57. The zero-order chi connectivity index (χ0) is 15.0. The molecule has 1 aliphatic rings. The summed E-state index contributed by atoms with van der Waals surface area (Å²) in [7, 11) is 0. The molecule has 0 aliphatic carbocycles. The van der Waals surface area contributed by atoms with Crippen molar-refractivity contribution in [2.24, 2.45) is 0 Å². The maximum atomic E-state index is 5.78. The monoisotopic (exact) mass is 285 g/mol. The van der Waals surface area contributed by atoms with E-state index in [4.69, 9.17) is 9.15 Å². The summed E-state index contributed by atoms with van der Waals surface area (Å²) in [4.78, 5) is 0. The van der Waals surface area contributed by atoms with Crippen LogP contribution in [0.1, 0.15) is 49.3 Å². The van der Waals surface area contributed by atoms with Crippen LogP contribution in [0.25, 0.3) is 0 Å². The van der Waals surface area contributed by atoms with E-state index in [0.29, 0.717) is 0 Å². The fraction of sp³-hybridized carbons (Fsp3) is 0.444. The van der Waals surface area contributed by atoms with Gasteiger partial charge in [0.05, 0.1) is 18.9 Å². The summed E-state index contributed by atoms with van der Waals surface area (Å²) in [5.41, 5.74) is 3.76. The molecular formula is C18H23NO2. The highest BCUT2D eigenvalue weighted by Gasteiger charge is 2.32. The lowest BCUT2D eigenvalue weighted by Crippen LogP contribution is -2.23. The van der Waals surface area contributed by atoms with Gasteiger partial charge in [0.2, 0.25) is 0 Å². The minimum Gasteiger partial charge on any atom is -0.492 e. The highest BCUT2D eigenvalue weighted by atomic mass is 16.5. The molecule has 0 spiro atoms. The Balaban J connectivity index is 2.04. The molecule has 3 rings (SSSR count). The minimum atomic E-state index is 0.0698. The quantitative estimate of drug-likeness (QED) is 0.923. The van der Waals surface area contributed by atoms with Crippen LogP contribution in [0.4, 0.5) is 0 Å². The van der Waals surface area contributed by atoms with Gasteiger partial charge in [-0.2, -0.15) is 0 Å². The summed E-state index contributed by atoms with van der Waals surface area (Å²) in [5.74, 6) is 2.00. The van der Waals surface area contributed by atoms with Crippen molar-refractivity contribution >= 4 is 0 Å². The normalized spacial score (nSPS) is 17.3. The number of aryl methyl sites for hydroxylation is 1. The molecule has 21 heavy (non-hydrogen) atoms. The van der Waals surface area contributed by atoms with Crippen LogP contribution in [0.2, 0.25) is 0 Å².